The van der Waals surface area contributed by atoms with E-state index >= 15 is 0 Å². The summed E-state index contributed by atoms with van der Waals surface area (Å²) >= 11 is 1.49. The van der Waals surface area contributed by atoms with Crippen LogP contribution >= 0.6 is 11.3 Å². The monoisotopic (exact) mass is 338 g/mol. The number of amides is 1. The average molecular weight is 338 g/mol. The van der Waals surface area contributed by atoms with Gasteiger partial charge in [0, 0.05) is 23.6 Å². The number of nitrogens with zero attached hydrogens (tertiary/aromatic N) is 1. The molecular formula is C19H18N2O2S. The minimum absolute atomic E-state index is 0.223. The van der Waals surface area contributed by atoms with Crippen LogP contribution < -0.4 is 5.32 Å². The predicted molar refractivity (Wildman–Crippen MR) is 97.1 cm³/mol. The van der Waals surface area contributed by atoms with Crippen LogP contribution in [0.15, 0.2) is 59.4 Å². The van der Waals surface area contributed by atoms with Gasteiger partial charge in [0.2, 0.25) is 5.91 Å². The first-order valence-corrected chi connectivity index (χ1v) is 8.59. The standard InChI is InChI=1S/C19H18N2O2S/c1-2-14-5-7-15(8-6-14)12-17-13-20-19(24-17)21-18(22)10-9-16-4-3-11-23-16/h3-11,13H,2,12H2,1H3,(H,20,21,22)/b10-9+. The van der Waals surface area contributed by atoms with Gasteiger partial charge in [-0.05, 0) is 35.8 Å². The molecule has 0 aliphatic carbocycles. The molecule has 4 nitrogen and oxygen atoms in total. The lowest BCUT2D eigenvalue weighted by Gasteiger charge is -2.00. The molecule has 1 aromatic carbocycles. The summed E-state index contributed by atoms with van der Waals surface area (Å²) < 4.78 is 5.14. The summed E-state index contributed by atoms with van der Waals surface area (Å²) in [4.78, 5) is 17.2. The van der Waals surface area contributed by atoms with E-state index in [4.69, 9.17) is 4.42 Å². The Morgan fingerprint density at radius 3 is 2.75 bits per heavy atom. The summed E-state index contributed by atoms with van der Waals surface area (Å²) in [6.45, 7) is 2.15. The van der Waals surface area contributed by atoms with Crippen LogP contribution in [0.2, 0.25) is 0 Å². The van der Waals surface area contributed by atoms with Crippen molar-refractivity contribution in [2.45, 2.75) is 19.8 Å². The van der Waals surface area contributed by atoms with Crippen molar-refractivity contribution >= 4 is 28.5 Å². The molecule has 1 N–H and O–H groups in total. The Labute approximate surface area is 144 Å². The molecule has 0 fully saturated rings. The fourth-order valence-electron chi connectivity index (χ4n) is 2.23. The molecular weight excluding hydrogens is 320 g/mol. The van der Waals surface area contributed by atoms with Crippen molar-refractivity contribution in [3.8, 4) is 0 Å². The molecule has 0 unspecified atom stereocenters. The first-order chi connectivity index (χ1) is 11.7. The number of nitrogens with one attached hydrogen (secondary N) is 1. The van der Waals surface area contributed by atoms with E-state index in [2.05, 4.69) is 41.5 Å². The number of anilines is 1. The van der Waals surface area contributed by atoms with Gasteiger partial charge in [-0.15, -0.1) is 11.3 Å². The van der Waals surface area contributed by atoms with Gasteiger partial charge in [-0.2, -0.15) is 0 Å². The fraction of sp³-hybridized carbons (Fsp3) is 0.158. The van der Waals surface area contributed by atoms with Gasteiger partial charge < -0.3 is 4.42 Å². The number of thiazole rings is 1. The van der Waals surface area contributed by atoms with E-state index in [0.717, 1.165) is 17.7 Å². The van der Waals surface area contributed by atoms with Gasteiger partial charge in [-0.25, -0.2) is 4.98 Å². The Kier molecular flexibility index (Phi) is 5.23. The Balaban J connectivity index is 1.57. The number of carbonyl (C=O) groups is 1. The molecule has 2 aromatic heterocycles. The molecule has 2 heterocycles. The molecule has 0 aliphatic heterocycles. The third-order valence-corrected chi connectivity index (χ3v) is 4.45. The van der Waals surface area contributed by atoms with Crippen molar-refractivity contribution in [1.29, 1.82) is 0 Å². The van der Waals surface area contributed by atoms with E-state index in [9.17, 15) is 4.79 Å². The van der Waals surface area contributed by atoms with Gasteiger partial charge in [-0.1, -0.05) is 31.2 Å². The van der Waals surface area contributed by atoms with Crippen LogP contribution in [-0.2, 0) is 17.6 Å². The van der Waals surface area contributed by atoms with Crippen molar-refractivity contribution in [2.24, 2.45) is 0 Å². The molecule has 0 bridgehead atoms. The second kappa shape index (κ2) is 7.75. The number of hydrogen-bond donors (Lipinski definition) is 1. The van der Waals surface area contributed by atoms with Crippen LogP contribution in [0.5, 0.6) is 0 Å². The van der Waals surface area contributed by atoms with Crippen LogP contribution in [0, 0.1) is 0 Å². The molecule has 24 heavy (non-hydrogen) atoms. The smallest absolute Gasteiger partial charge is 0.250 e. The number of hydrogen-bond acceptors (Lipinski definition) is 4. The van der Waals surface area contributed by atoms with Crippen molar-refractivity contribution in [3.63, 3.8) is 0 Å². The minimum Gasteiger partial charge on any atom is -0.465 e. The third-order valence-electron chi connectivity index (χ3n) is 3.54. The number of carbonyl (C=O) groups excluding carboxylic acids is 1. The summed E-state index contributed by atoms with van der Waals surface area (Å²) in [5.74, 6) is 0.417. The molecule has 3 rings (SSSR count). The maximum Gasteiger partial charge on any atom is 0.250 e. The Hall–Kier alpha value is -2.66. The van der Waals surface area contributed by atoms with Gasteiger partial charge in [0.25, 0.3) is 0 Å². The number of rotatable bonds is 6. The molecule has 0 saturated carbocycles. The van der Waals surface area contributed by atoms with Crippen molar-refractivity contribution in [3.05, 3.63) is 76.7 Å². The Morgan fingerprint density at radius 2 is 2.04 bits per heavy atom. The van der Waals surface area contributed by atoms with E-state index in [1.54, 1.807) is 24.5 Å². The summed E-state index contributed by atoms with van der Waals surface area (Å²) in [5.41, 5.74) is 2.57. The van der Waals surface area contributed by atoms with Crippen molar-refractivity contribution in [1.82, 2.24) is 4.98 Å². The third kappa shape index (κ3) is 4.43. The zero-order chi connectivity index (χ0) is 16.8. The molecule has 5 heteroatoms. The topological polar surface area (TPSA) is 55.1 Å². The van der Waals surface area contributed by atoms with Gasteiger partial charge in [0.05, 0.1) is 6.26 Å². The normalized spacial score (nSPS) is 11.0. The van der Waals surface area contributed by atoms with E-state index in [1.807, 2.05) is 6.20 Å². The summed E-state index contributed by atoms with van der Waals surface area (Å²) in [6, 6.07) is 12.1. The Bertz CT molecular complexity index is 817. The summed E-state index contributed by atoms with van der Waals surface area (Å²) in [6.07, 6.45) is 8.30. The van der Waals surface area contributed by atoms with E-state index in [-0.39, 0.29) is 5.91 Å². The predicted octanol–water partition coefficient (Wildman–Crippen LogP) is 4.54. The van der Waals surface area contributed by atoms with Crippen molar-refractivity contribution in [2.75, 3.05) is 5.32 Å². The molecule has 3 aromatic rings. The van der Waals surface area contributed by atoms with Gasteiger partial charge >= 0.3 is 0 Å². The van der Waals surface area contributed by atoms with Gasteiger partial charge in [0.1, 0.15) is 5.76 Å². The number of aromatic nitrogens is 1. The molecule has 0 radical (unpaired) electrons. The minimum atomic E-state index is -0.223. The highest BCUT2D eigenvalue weighted by Crippen LogP contribution is 2.21. The lowest BCUT2D eigenvalue weighted by molar-refractivity contribution is -0.111. The lowest BCUT2D eigenvalue weighted by atomic mass is 10.1. The Morgan fingerprint density at radius 1 is 1.25 bits per heavy atom. The highest BCUT2D eigenvalue weighted by molar-refractivity contribution is 7.15. The van der Waals surface area contributed by atoms with E-state index in [0.29, 0.717) is 10.9 Å². The highest BCUT2D eigenvalue weighted by Gasteiger charge is 2.06. The maximum atomic E-state index is 11.9. The molecule has 0 spiro atoms. The molecule has 0 atom stereocenters. The largest absolute Gasteiger partial charge is 0.465 e. The van der Waals surface area contributed by atoms with Crippen LogP contribution in [0.3, 0.4) is 0 Å². The molecule has 122 valence electrons. The first-order valence-electron chi connectivity index (χ1n) is 7.78. The number of furan rings is 1. The quantitative estimate of drug-likeness (QED) is 0.671. The summed E-state index contributed by atoms with van der Waals surface area (Å²) in [7, 11) is 0. The van der Waals surface area contributed by atoms with E-state index in [1.165, 1.54) is 28.5 Å². The highest BCUT2D eigenvalue weighted by atomic mass is 32.1. The van der Waals surface area contributed by atoms with E-state index < -0.39 is 0 Å². The summed E-state index contributed by atoms with van der Waals surface area (Å²) in [5, 5.41) is 3.37. The second-order valence-corrected chi connectivity index (χ2v) is 6.43. The molecule has 0 saturated heterocycles. The molecule has 0 aliphatic rings. The van der Waals surface area contributed by atoms with Crippen LogP contribution in [0.25, 0.3) is 6.08 Å². The SMILES string of the molecule is CCc1ccc(Cc2cnc(NC(=O)/C=C/c3ccco3)s2)cc1. The van der Waals surface area contributed by atoms with Crippen LogP contribution in [0.1, 0.15) is 28.7 Å². The fourth-order valence-corrected chi connectivity index (χ4v) is 3.08. The average Bonchev–Trinajstić information content (AvgIpc) is 3.26. The zero-order valence-corrected chi connectivity index (χ0v) is 14.2. The molecule has 1 amide bonds. The maximum absolute atomic E-state index is 11.9. The van der Waals surface area contributed by atoms with Crippen LogP contribution in [0.4, 0.5) is 5.13 Å². The first kappa shape index (κ1) is 16.2. The van der Waals surface area contributed by atoms with Crippen LogP contribution in [-0.4, -0.2) is 10.9 Å². The zero-order valence-electron chi connectivity index (χ0n) is 13.4. The number of benzene rings is 1. The number of aryl methyl sites for hydroxylation is 1. The van der Waals surface area contributed by atoms with Gasteiger partial charge in [0.15, 0.2) is 5.13 Å². The lowest BCUT2D eigenvalue weighted by Crippen LogP contribution is -2.06. The van der Waals surface area contributed by atoms with Gasteiger partial charge in [-0.3, -0.25) is 10.1 Å². The van der Waals surface area contributed by atoms with Crippen molar-refractivity contribution < 1.29 is 9.21 Å². The second-order valence-electron chi connectivity index (χ2n) is 5.32.